The fourth-order valence-electron chi connectivity index (χ4n) is 9.74. The second-order valence-corrected chi connectivity index (χ2v) is 22.0. The summed E-state index contributed by atoms with van der Waals surface area (Å²) >= 11 is 0. The molecule has 2 aromatic rings. The maximum Gasteiger partial charge on any atom is 0.408 e. The molecule has 5 rings (SSSR count). The van der Waals surface area contributed by atoms with Crippen LogP contribution in [0.5, 0.6) is 0 Å². The zero-order valence-electron chi connectivity index (χ0n) is 42.2. The Bertz CT molecular complexity index is 1940. The topological polar surface area (TPSA) is 173 Å². The van der Waals surface area contributed by atoms with Crippen molar-refractivity contribution in [3.05, 3.63) is 71.8 Å². The van der Waals surface area contributed by atoms with E-state index in [-0.39, 0.29) is 54.5 Å². The molecule has 376 valence electrons. The normalized spacial score (nSPS) is 18.4. The lowest BCUT2D eigenvalue weighted by atomic mass is 9.71. The van der Waals surface area contributed by atoms with Gasteiger partial charge >= 0.3 is 12.2 Å². The van der Waals surface area contributed by atoms with Crippen LogP contribution < -0.4 is 16.0 Å². The van der Waals surface area contributed by atoms with Gasteiger partial charge in [-0.3, -0.25) is 19.2 Å². The third-order valence-electron chi connectivity index (χ3n) is 13.3. The first kappa shape index (κ1) is 54.1. The van der Waals surface area contributed by atoms with Crippen molar-refractivity contribution < 1.29 is 43.0 Å². The molecule has 0 bridgehead atoms. The van der Waals surface area contributed by atoms with Crippen LogP contribution in [0.1, 0.15) is 131 Å². The third kappa shape index (κ3) is 17.9. The Kier molecular flexibility index (Phi) is 20.0. The van der Waals surface area contributed by atoms with Crippen LogP contribution in [0.3, 0.4) is 0 Å². The molecule has 3 N–H and O–H groups in total. The molecule has 4 amide bonds. The van der Waals surface area contributed by atoms with Gasteiger partial charge in [0.2, 0.25) is 11.8 Å². The van der Waals surface area contributed by atoms with Crippen molar-refractivity contribution in [1.29, 1.82) is 0 Å². The number of rotatable bonds is 22. The first-order valence-electron chi connectivity index (χ1n) is 25.2. The van der Waals surface area contributed by atoms with E-state index in [1.165, 1.54) is 0 Å². The molecule has 0 saturated carbocycles. The second-order valence-electron chi connectivity index (χ2n) is 22.0. The summed E-state index contributed by atoms with van der Waals surface area (Å²) in [5.74, 6) is -2.48. The molecular weight excluding hydrogens is 863 g/mol. The standard InChI is InChI=1S/C54H81N5O9/c1-38(2)31-44(56-48(62)42(32-39-17-11-9-12-18-39)35-47(61)45(33-40-19-13-10-14-20-40)57-51(65)68-53(6,7)8)46(60)34-41(21-15-16-26-55-50(64)67-52(3,4)5)49(63)59-36-54(37-59)24-27-58(28-25-54)43-22-29-66-30-23-43/h9-14,17-20,38,41-45H,15-16,21-37H2,1-8H3,(H,55,64)(H,56,62)(H,57,65)/t41-,42-,44+,45+/m0/s1. The van der Waals surface area contributed by atoms with Crippen LogP contribution in [0.2, 0.25) is 0 Å². The van der Waals surface area contributed by atoms with Gasteiger partial charge in [0, 0.05) is 69.0 Å². The molecule has 3 aliphatic rings. The molecule has 4 atom stereocenters. The van der Waals surface area contributed by atoms with Crippen LogP contribution in [0.15, 0.2) is 60.7 Å². The van der Waals surface area contributed by atoms with Crippen LogP contribution in [0.25, 0.3) is 0 Å². The van der Waals surface area contributed by atoms with Gasteiger partial charge in [-0.05, 0) is 129 Å². The average Bonchev–Trinajstić information content (AvgIpc) is 3.26. The number of carbonyl (C=O) groups is 6. The monoisotopic (exact) mass is 944 g/mol. The van der Waals surface area contributed by atoms with E-state index in [4.69, 9.17) is 14.2 Å². The predicted molar refractivity (Wildman–Crippen MR) is 263 cm³/mol. The maximum absolute atomic E-state index is 14.6. The third-order valence-corrected chi connectivity index (χ3v) is 13.3. The highest BCUT2D eigenvalue weighted by molar-refractivity contribution is 5.95. The highest BCUT2D eigenvalue weighted by Gasteiger charge is 2.48. The first-order chi connectivity index (χ1) is 32.2. The lowest BCUT2D eigenvalue weighted by Gasteiger charge is -2.55. The van der Waals surface area contributed by atoms with Crippen molar-refractivity contribution in [2.24, 2.45) is 23.2 Å². The van der Waals surface area contributed by atoms with Gasteiger partial charge < -0.3 is 40.0 Å². The number of likely N-dealkylation sites (tertiary alicyclic amines) is 2. The molecule has 3 aliphatic heterocycles. The fraction of sp³-hybridized carbons (Fsp3) is 0.667. The van der Waals surface area contributed by atoms with Crippen molar-refractivity contribution in [2.75, 3.05) is 45.9 Å². The number of amides is 4. The van der Waals surface area contributed by atoms with Gasteiger partial charge in [0.25, 0.3) is 0 Å². The summed E-state index contributed by atoms with van der Waals surface area (Å²) in [7, 11) is 0. The van der Waals surface area contributed by atoms with Gasteiger partial charge in [-0.15, -0.1) is 0 Å². The highest BCUT2D eigenvalue weighted by atomic mass is 16.6. The van der Waals surface area contributed by atoms with Crippen LogP contribution in [-0.2, 0) is 46.2 Å². The van der Waals surface area contributed by atoms with Crippen molar-refractivity contribution in [1.82, 2.24) is 25.8 Å². The fourth-order valence-corrected chi connectivity index (χ4v) is 9.74. The number of Topliss-reactive ketones (excluding diaryl/α,β-unsaturated/α-hetero) is 2. The summed E-state index contributed by atoms with van der Waals surface area (Å²) in [5, 5.41) is 8.64. The number of nitrogens with zero attached hydrogens (tertiary/aromatic N) is 2. The number of ketones is 2. The summed E-state index contributed by atoms with van der Waals surface area (Å²) in [4.78, 5) is 87.9. The molecule has 0 radical (unpaired) electrons. The van der Waals surface area contributed by atoms with Crippen LogP contribution in [-0.4, -0.2) is 121 Å². The van der Waals surface area contributed by atoms with Gasteiger partial charge in [-0.25, -0.2) is 9.59 Å². The quantitative estimate of drug-likeness (QED) is 0.0988. The number of alkyl carbamates (subject to hydrolysis) is 2. The number of nitrogens with one attached hydrogen (secondary N) is 3. The summed E-state index contributed by atoms with van der Waals surface area (Å²) in [6, 6.07) is 17.5. The van der Waals surface area contributed by atoms with Gasteiger partial charge in [-0.1, -0.05) is 80.9 Å². The Labute approximate surface area is 405 Å². The van der Waals surface area contributed by atoms with Gasteiger partial charge in [0.15, 0.2) is 11.6 Å². The molecule has 0 aliphatic carbocycles. The Morgan fingerprint density at radius 3 is 1.82 bits per heavy atom. The Hall–Kier alpha value is -4.82. The molecule has 3 saturated heterocycles. The van der Waals surface area contributed by atoms with E-state index in [1.54, 1.807) is 20.8 Å². The number of carbonyl (C=O) groups excluding carboxylic acids is 6. The molecule has 0 unspecified atom stereocenters. The Morgan fingerprint density at radius 1 is 0.706 bits per heavy atom. The maximum atomic E-state index is 14.6. The van der Waals surface area contributed by atoms with E-state index in [9.17, 15) is 28.8 Å². The SMILES string of the molecule is CC(C)C[C@@H](NC(=O)[C@H](CC(=O)[C@@H](Cc1ccccc1)NC(=O)OC(C)(C)C)Cc1ccccc1)C(=O)C[C@H](CCCCNC(=O)OC(C)(C)C)C(=O)N1CC2(CCN(C3CCOCC3)CC2)C1. The molecule has 14 heteroatoms. The highest BCUT2D eigenvalue weighted by Crippen LogP contribution is 2.42. The van der Waals surface area contributed by atoms with Crippen molar-refractivity contribution >= 4 is 35.6 Å². The molecule has 1 spiro atoms. The largest absolute Gasteiger partial charge is 0.444 e. The zero-order valence-corrected chi connectivity index (χ0v) is 42.2. The Balaban J connectivity index is 1.30. The zero-order chi connectivity index (χ0) is 49.5. The summed E-state index contributed by atoms with van der Waals surface area (Å²) in [6.45, 7) is 20.0. The first-order valence-corrected chi connectivity index (χ1v) is 25.2. The average molecular weight is 944 g/mol. The predicted octanol–water partition coefficient (Wildman–Crippen LogP) is 7.85. The number of benzene rings is 2. The summed E-state index contributed by atoms with van der Waals surface area (Å²) in [6.07, 6.45) is 5.15. The van der Waals surface area contributed by atoms with Crippen LogP contribution >= 0.6 is 0 Å². The van der Waals surface area contributed by atoms with E-state index in [0.29, 0.717) is 51.4 Å². The van der Waals surface area contributed by atoms with Gasteiger partial charge in [0.1, 0.15) is 11.2 Å². The van der Waals surface area contributed by atoms with Crippen LogP contribution in [0.4, 0.5) is 9.59 Å². The van der Waals surface area contributed by atoms with E-state index in [1.807, 2.05) is 100 Å². The van der Waals surface area contributed by atoms with E-state index in [0.717, 1.165) is 63.1 Å². The minimum Gasteiger partial charge on any atom is -0.444 e. The van der Waals surface area contributed by atoms with Gasteiger partial charge in [-0.2, -0.15) is 0 Å². The lowest BCUT2D eigenvalue weighted by Crippen LogP contribution is -2.63. The number of ether oxygens (including phenoxy) is 3. The minimum absolute atomic E-state index is 0.0297. The van der Waals surface area contributed by atoms with E-state index >= 15 is 0 Å². The Morgan fingerprint density at radius 2 is 1.25 bits per heavy atom. The molecular formula is C54H81N5O9. The number of unbranched alkanes of at least 4 members (excludes halogenated alkanes) is 1. The number of hydrogen-bond donors (Lipinski definition) is 3. The van der Waals surface area contributed by atoms with Gasteiger partial charge in [0.05, 0.1) is 12.1 Å². The molecule has 68 heavy (non-hydrogen) atoms. The summed E-state index contributed by atoms with van der Waals surface area (Å²) in [5.41, 5.74) is 0.355. The van der Waals surface area contributed by atoms with Crippen molar-refractivity contribution in [2.45, 2.75) is 162 Å². The van der Waals surface area contributed by atoms with Crippen molar-refractivity contribution in [3.8, 4) is 0 Å². The smallest absolute Gasteiger partial charge is 0.408 e. The molecule has 2 aromatic carbocycles. The minimum atomic E-state index is -0.974. The molecule has 3 heterocycles. The van der Waals surface area contributed by atoms with Crippen LogP contribution in [0, 0.1) is 23.2 Å². The van der Waals surface area contributed by atoms with E-state index in [2.05, 4.69) is 20.9 Å². The summed E-state index contributed by atoms with van der Waals surface area (Å²) < 4.78 is 16.5. The van der Waals surface area contributed by atoms with E-state index < -0.39 is 53.2 Å². The molecule has 14 nitrogen and oxygen atoms in total. The molecule has 3 fully saturated rings. The number of piperidine rings is 1. The molecule has 0 aromatic heterocycles. The second kappa shape index (κ2) is 25.2. The lowest BCUT2D eigenvalue weighted by molar-refractivity contribution is -0.154. The van der Waals surface area contributed by atoms with Crippen molar-refractivity contribution in [3.63, 3.8) is 0 Å². The number of hydrogen-bond acceptors (Lipinski definition) is 10.